The molecule has 1 atom stereocenters. The first-order valence-electron chi connectivity index (χ1n) is 6.93. The third-order valence-corrected chi connectivity index (χ3v) is 4.90. The summed E-state index contributed by atoms with van der Waals surface area (Å²) in [6, 6.07) is 12.4. The van der Waals surface area contributed by atoms with Crippen molar-refractivity contribution in [3.63, 3.8) is 0 Å². The maximum absolute atomic E-state index is 13.8. The quantitative estimate of drug-likeness (QED) is 0.863. The largest absolute Gasteiger partial charge is 0.321 e. The molecule has 1 aliphatic heterocycles. The van der Waals surface area contributed by atoms with Crippen molar-refractivity contribution in [3.05, 3.63) is 70.8 Å². The number of rotatable bonds is 3. The lowest BCUT2D eigenvalue weighted by molar-refractivity contribution is -0.128. The molecule has 3 rings (SSSR count). The van der Waals surface area contributed by atoms with E-state index in [9.17, 15) is 13.6 Å². The van der Waals surface area contributed by atoms with Crippen LogP contribution >= 0.6 is 11.8 Å². The predicted molar refractivity (Wildman–Crippen MR) is 83.3 cm³/mol. The molecule has 0 aromatic heterocycles. The lowest BCUT2D eigenvalue weighted by atomic mass is 10.1. The van der Waals surface area contributed by atoms with Crippen LogP contribution in [0.2, 0.25) is 0 Å². The SMILES string of the molecule is N#Cc1ccc(C2SCC(=O)N2Cc2ccc(F)cc2F)cc1. The molecule has 0 bridgehead atoms. The van der Waals surface area contributed by atoms with Crippen LogP contribution in [-0.4, -0.2) is 16.6 Å². The van der Waals surface area contributed by atoms with Crippen molar-refractivity contribution in [3.8, 4) is 6.07 Å². The molecule has 0 spiro atoms. The van der Waals surface area contributed by atoms with E-state index in [0.29, 0.717) is 11.3 Å². The Hall–Kier alpha value is -2.39. The molecule has 1 heterocycles. The van der Waals surface area contributed by atoms with Crippen LogP contribution in [0.3, 0.4) is 0 Å². The lowest BCUT2D eigenvalue weighted by Crippen LogP contribution is -2.28. The predicted octanol–water partition coefficient (Wildman–Crippen LogP) is 3.61. The average Bonchev–Trinajstić information content (AvgIpc) is 2.91. The van der Waals surface area contributed by atoms with Gasteiger partial charge in [-0.1, -0.05) is 18.2 Å². The van der Waals surface area contributed by atoms with Crippen LogP contribution in [0.25, 0.3) is 0 Å². The van der Waals surface area contributed by atoms with E-state index in [0.717, 1.165) is 11.6 Å². The second-order valence-corrected chi connectivity index (χ2v) is 6.22. The van der Waals surface area contributed by atoms with Crippen molar-refractivity contribution in [2.45, 2.75) is 11.9 Å². The summed E-state index contributed by atoms with van der Waals surface area (Å²) >= 11 is 1.45. The Morgan fingerprint density at radius 3 is 2.61 bits per heavy atom. The van der Waals surface area contributed by atoms with Crippen LogP contribution < -0.4 is 0 Å². The maximum Gasteiger partial charge on any atom is 0.234 e. The Labute approximate surface area is 136 Å². The monoisotopic (exact) mass is 330 g/mol. The van der Waals surface area contributed by atoms with Crippen LogP contribution in [0.5, 0.6) is 0 Å². The summed E-state index contributed by atoms with van der Waals surface area (Å²) in [6.07, 6.45) is 0. The minimum atomic E-state index is -0.659. The van der Waals surface area contributed by atoms with E-state index in [1.807, 2.05) is 6.07 Å². The van der Waals surface area contributed by atoms with Gasteiger partial charge in [-0.25, -0.2) is 8.78 Å². The van der Waals surface area contributed by atoms with Gasteiger partial charge in [-0.05, 0) is 23.8 Å². The van der Waals surface area contributed by atoms with Crippen molar-refractivity contribution in [2.75, 3.05) is 5.75 Å². The van der Waals surface area contributed by atoms with E-state index in [4.69, 9.17) is 5.26 Å². The summed E-state index contributed by atoms with van der Waals surface area (Å²) < 4.78 is 26.8. The number of hydrogen-bond acceptors (Lipinski definition) is 3. The van der Waals surface area contributed by atoms with Gasteiger partial charge < -0.3 is 4.90 Å². The molecular formula is C17H12F2N2OS. The molecule has 0 radical (unpaired) electrons. The van der Waals surface area contributed by atoms with Crippen LogP contribution in [0, 0.1) is 23.0 Å². The zero-order valence-corrected chi connectivity index (χ0v) is 12.8. The molecule has 2 aromatic carbocycles. The molecule has 0 N–H and O–H groups in total. The molecule has 6 heteroatoms. The highest BCUT2D eigenvalue weighted by Crippen LogP contribution is 2.39. The number of nitriles is 1. The first-order valence-corrected chi connectivity index (χ1v) is 7.98. The average molecular weight is 330 g/mol. The molecule has 23 heavy (non-hydrogen) atoms. The van der Waals surface area contributed by atoms with E-state index in [1.165, 1.54) is 23.9 Å². The summed E-state index contributed by atoms with van der Waals surface area (Å²) in [5, 5.41) is 8.61. The fourth-order valence-corrected chi connectivity index (χ4v) is 3.64. The van der Waals surface area contributed by atoms with Crippen molar-refractivity contribution >= 4 is 17.7 Å². The number of hydrogen-bond donors (Lipinski definition) is 0. The Bertz CT molecular complexity index is 786. The van der Waals surface area contributed by atoms with E-state index >= 15 is 0 Å². The highest BCUT2D eigenvalue weighted by molar-refractivity contribution is 8.00. The van der Waals surface area contributed by atoms with Gasteiger partial charge in [-0.2, -0.15) is 5.26 Å². The Morgan fingerprint density at radius 1 is 1.22 bits per heavy atom. The smallest absolute Gasteiger partial charge is 0.234 e. The van der Waals surface area contributed by atoms with Gasteiger partial charge in [0.15, 0.2) is 0 Å². The molecule has 1 fully saturated rings. The van der Waals surface area contributed by atoms with Gasteiger partial charge in [0.1, 0.15) is 17.0 Å². The first kappa shape index (κ1) is 15.5. The number of benzene rings is 2. The van der Waals surface area contributed by atoms with Gasteiger partial charge in [0.05, 0.1) is 17.4 Å². The van der Waals surface area contributed by atoms with Crippen molar-refractivity contribution in [1.82, 2.24) is 4.90 Å². The number of thioether (sulfide) groups is 1. The fourth-order valence-electron chi connectivity index (χ4n) is 2.46. The maximum atomic E-state index is 13.8. The van der Waals surface area contributed by atoms with E-state index in [-0.39, 0.29) is 23.4 Å². The van der Waals surface area contributed by atoms with Crippen LogP contribution in [0.4, 0.5) is 8.78 Å². The van der Waals surface area contributed by atoms with Gasteiger partial charge in [-0.15, -0.1) is 11.8 Å². The first-order chi connectivity index (χ1) is 11.1. The minimum Gasteiger partial charge on any atom is -0.321 e. The van der Waals surface area contributed by atoms with Gasteiger partial charge in [0.25, 0.3) is 0 Å². The fraction of sp³-hybridized carbons (Fsp3) is 0.176. The number of amides is 1. The molecule has 0 aliphatic carbocycles. The summed E-state index contributed by atoms with van der Waals surface area (Å²) in [4.78, 5) is 13.7. The molecule has 1 aliphatic rings. The molecule has 2 aromatic rings. The van der Waals surface area contributed by atoms with Gasteiger partial charge in [0, 0.05) is 18.2 Å². The zero-order valence-electron chi connectivity index (χ0n) is 12.0. The summed E-state index contributed by atoms with van der Waals surface area (Å²) in [7, 11) is 0. The molecular weight excluding hydrogens is 318 g/mol. The zero-order chi connectivity index (χ0) is 16.4. The van der Waals surface area contributed by atoms with Gasteiger partial charge in [-0.3, -0.25) is 4.79 Å². The molecule has 116 valence electrons. The van der Waals surface area contributed by atoms with E-state index in [1.54, 1.807) is 29.2 Å². The molecule has 0 saturated carbocycles. The van der Waals surface area contributed by atoms with E-state index in [2.05, 4.69) is 0 Å². The van der Waals surface area contributed by atoms with Gasteiger partial charge in [0.2, 0.25) is 5.91 Å². The van der Waals surface area contributed by atoms with Crippen LogP contribution in [0.15, 0.2) is 42.5 Å². The molecule has 1 amide bonds. The number of carbonyl (C=O) groups excluding carboxylic acids is 1. The van der Waals surface area contributed by atoms with Crippen LogP contribution in [0.1, 0.15) is 22.1 Å². The summed E-state index contributed by atoms with van der Waals surface area (Å²) in [5.74, 6) is -1.08. The van der Waals surface area contributed by atoms with Crippen molar-refractivity contribution in [2.24, 2.45) is 0 Å². The Kier molecular flexibility index (Phi) is 4.30. The Morgan fingerprint density at radius 2 is 1.96 bits per heavy atom. The van der Waals surface area contributed by atoms with Crippen molar-refractivity contribution in [1.29, 1.82) is 5.26 Å². The van der Waals surface area contributed by atoms with Crippen LogP contribution in [-0.2, 0) is 11.3 Å². The van der Waals surface area contributed by atoms with Gasteiger partial charge >= 0.3 is 0 Å². The topological polar surface area (TPSA) is 44.1 Å². The standard InChI is InChI=1S/C17H12F2N2OS/c18-14-6-5-13(15(19)7-14)9-21-16(22)10-23-17(21)12-3-1-11(8-20)2-4-12/h1-7,17H,9-10H2. The highest BCUT2D eigenvalue weighted by Gasteiger charge is 2.33. The molecule has 3 nitrogen and oxygen atoms in total. The summed E-state index contributed by atoms with van der Waals surface area (Å²) in [6.45, 7) is 0.0859. The minimum absolute atomic E-state index is 0.0859. The second kappa shape index (κ2) is 6.39. The van der Waals surface area contributed by atoms with Crippen molar-refractivity contribution < 1.29 is 13.6 Å². The third kappa shape index (κ3) is 3.20. The normalized spacial score (nSPS) is 17.3. The highest BCUT2D eigenvalue weighted by atomic mass is 32.2. The number of nitrogens with zero attached hydrogens (tertiary/aromatic N) is 2. The molecule has 1 unspecified atom stereocenters. The lowest BCUT2D eigenvalue weighted by Gasteiger charge is -2.24. The third-order valence-electron chi connectivity index (χ3n) is 3.65. The van der Waals surface area contributed by atoms with E-state index < -0.39 is 11.6 Å². The summed E-state index contributed by atoms with van der Waals surface area (Å²) in [5.41, 5.74) is 1.70. The number of carbonyl (C=O) groups is 1. The number of halogens is 2. The second-order valence-electron chi connectivity index (χ2n) is 5.15. The Balaban J connectivity index is 1.86. The molecule has 1 saturated heterocycles.